The van der Waals surface area contributed by atoms with E-state index in [2.05, 4.69) is 32.6 Å². The van der Waals surface area contributed by atoms with Crippen molar-refractivity contribution in [1.29, 1.82) is 0 Å². The molecule has 3 aromatic rings. The number of halogens is 1. The molecule has 0 saturated carbocycles. The molecule has 2 aromatic carbocycles. The van der Waals surface area contributed by atoms with E-state index in [1.807, 2.05) is 73.0 Å². The number of carbonyl (C=O) groups excluding carboxylic acids is 1. The Kier molecular flexibility index (Phi) is 8.47. The van der Waals surface area contributed by atoms with Crippen LogP contribution in [0.3, 0.4) is 0 Å². The van der Waals surface area contributed by atoms with Crippen LogP contribution >= 0.6 is 23.4 Å². The first kappa shape index (κ1) is 23.6. The second kappa shape index (κ2) is 11.5. The lowest BCUT2D eigenvalue weighted by molar-refractivity contribution is -0.120. The van der Waals surface area contributed by atoms with Crippen LogP contribution in [0.1, 0.15) is 25.2 Å². The Morgan fingerprint density at radius 1 is 1.22 bits per heavy atom. The van der Waals surface area contributed by atoms with Gasteiger partial charge in [-0.3, -0.25) is 4.79 Å². The average molecular weight is 469 g/mol. The van der Waals surface area contributed by atoms with Crippen LogP contribution in [-0.2, 0) is 17.9 Å². The van der Waals surface area contributed by atoms with Gasteiger partial charge in [-0.05, 0) is 43.7 Å². The van der Waals surface area contributed by atoms with E-state index in [1.54, 1.807) is 6.08 Å². The first-order chi connectivity index (χ1) is 15.5. The number of benzene rings is 2. The summed E-state index contributed by atoms with van der Waals surface area (Å²) in [4.78, 5) is 12.6. The Bertz CT molecular complexity index is 1080. The Balaban J connectivity index is 1.63. The number of hydrogen-bond acceptors (Lipinski definition) is 6. The number of anilines is 1. The number of nitrogens with one attached hydrogen (secondary N) is 2. The minimum atomic E-state index is -0.410. The van der Waals surface area contributed by atoms with Crippen molar-refractivity contribution in [3.05, 3.63) is 83.7 Å². The van der Waals surface area contributed by atoms with Gasteiger partial charge in [-0.15, -0.1) is 16.8 Å². The molecule has 7 nitrogen and oxygen atoms in total. The van der Waals surface area contributed by atoms with Gasteiger partial charge >= 0.3 is 0 Å². The standard InChI is InChI=1S/C23H25ClN6OS/c1-4-14-30-21(15-25-20-12-10-19(24)11-13-20)27-29-23(30)32-17(3)22(31)28-26-16(2)18-8-6-5-7-9-18/h4-13,17,25H,1,14-15H2,2-3H3,(H,28,31)/b26-16+. The van der Waals surface area contributed by atoms with Crippen molar-refractivity contribution in [3.8, 4) is 0 Å². The minimum Gasteiger partial charge on any atom is -0.378 e. The maximum atomic E-state index is 12.6. The fraction of sp³-hybridized carbons (Fsp3) is 0.217. The summed E-state index contributed by atoms with van der Waals surface area (Å²) < 4.78 is 1.93. The summed E-state index contributed by atoms with van der Waals surface area (Å²) in [6, 6.07) is 17.1. The van der Waals surface area contributed by atoms with Gasteiger partial charge in [0.25, 0.3) is 5.91 Å². The molecule has 3 rings (SSSR count). The summed E-state index contributed by atoms with van der Waals surface area (Å²) in [5.74, 6) is 0.534. The number of thioether (sulfide) groups is 1. The molecular weight excluding hydrogens is 444 g/mol. The van der Waals surface area contributed by atoms with Crippen LogP contribution in [0.2, 0.25) is 5.02 Å². The second-order valence-electron chi connectivity index (χ2n) is 6.96. The van der Waals surface area contributed by atoms with Crippen LogP contribution in [0.25, 0.3) is 0 Å². The molecule has 0 radical (unpaired) electrons. The van der Waals surface area contributed by atoms with Gasteiger partial charge in [0.1, 0.15) is 0 Å². The lowest BCUT2D eigenvalue weighted by atomic mass is 10.1. The Morgan fingerprint density at radius 3 is 2.62 bits per heavy atom. The van der Waals surface area contributed by atoms with Crippen LogP contribution in [0, 0.1) is 0 Å². The average Bonchev–Trinajstić information content (AvgIpc) is 3.18. The molecule has 1 aromatic heterocycles. The number of hydrazone groups is 1. The van der Waals surface area contributed by atoms with Crippen LogP contribution in [0.15, 0.2) is 77.5 Å². The Labute approximate surface area is 197 Å². The monoisotopic (exact) mass is 468 g/mol. The molecule has 0 spiro atoms. The van der Waals surface area contributed by atoms with Crippen molar-refractivity contribution in [3.63, 3.8) is 0 Å². The van der Waals surface area contributed by atoms with Gasteiger partial charge in [-0.1, -0.05) is 59.8 Å². The van der Waals surface area contributed by atoms with E-state index >= 15 is 0 Å². The maximum absolute atomic E-state index is 12.6. The van der Waals surface area contributed by atoms with E-state index in [4.69, 9.17) is 11.6 Å². The zero-order valence-corrected chi connectivity index (χ0v) is 19.5. The Morgan fingerprint density at radius 2 is 1.94 bits per heavy atom. The summed E-state index contributed by atoms with van der Waals surface area (Å²) in [5.41, 5.74) is 5.26. The SMILES string of the molecule is C=CCn1c(CNc2ccc(Cl)cc2)nnc1SC(C)C(=O)N/N=C(\C)c1ccccc1. The highest BCUT2D eigenvalue weighted by atomic mass is 35.5. The van der Waals surface area contributed by atoms with Crippen molar-refractivity contribution >= 4 is 40.7 Å². The number of hydrogen-bond donors (Lipinski definition) is 2. The zero-order valence-electron chi connectivity index (χ0n) is 18.0. The van der Waals surface area contributed by atoms with Crippen LogP contribution in [-0.4, -0.2) is 31.6 Å². The Hall–Kier alpha value is -3.10. The summed E-state index contributed by atoms with van der Waals surface area (Å²) in [6.45, 7) is 8.50. The molecule has 1 atom stereocenters. The van der Waals surface area contributed by atoms with Gasteiger partial charge in [-0.25, -0.2) is 5.43 Å². The molecule has 166 valence electrons. The van der Waals surface area contributed by atoms with Gasteiger partial charge in [0, 0.05) is 17.3 Å². The van der Waals surface area contributed by atoms with Crippen LogP contribution < -0.4 is 10.7 Å². The molecule has 32 heavy (non-hydrogen) atoms. The second-order valence-corrected chi connectivity index (χ2v) is 8.70. The van der Waals surface area contributed by atoms with Crippen molar-refractivity contribution in [2.45, 2.75) is 37.3 Å². The topological polar surface area (TPSA) is 84.2 Å². The molecule has 9 heteroatoms. The van der Waals surface area contributed by atoms with Gasteiger partial charge in [0.15, 0.2) is 11.0 Å². The molecule has 0 aliphatic carbocycles. The van der Waals surface area contributed by atoms with E-state index in [0.717, 1.165) is 22.8 Å². The van der Waals surface area contributed by atoms with E-state index < -0.39 is 5.25 Å². The molecular formula is C23H25ClN6OS. The number of allylic oxidation sites excluding steroid dienone is 1. The largest absolute Gasteiger partial charge is 0.378 e. The highest BCUT2D eigenvalue weighted by Crippen LogP contribution is 2.23. The van der Waals surface area contributed by atoms with Gasteiger partial charge in [0.05, 0.1) is 17.5 Å². The fourth-order valence-electron chi connectivity index (χ4n) is 2.78. The van der Waals surface area contributed by atoms with E-state index in [9.17, 15) is 4.79 Å². The lowest BCUT2D eigenvalue weighted by Gasteiger charge is -2.12. The van der Waals surface area contributed by atoms with Crippen LogP contribution in [0.4, 0.5) is 5.69 Å². The zero-order chi connectivity index (χ0) is 22.9. The third-order valence-corrected chi connectivity index (χ3v) is 5.91. The predicted molar refractivity (Wildman–Crippen MR) is 131 cm³/mol. The summed E-state index contributed by atoms with van der Waals surface area (Å²) in [6.07, 6.45) is 1.78. The van der Waals surface area contributed by atoms with E-state index in [0.29, 0.717) is 23.3 Å². The number of amides is 1. The number of nitrogens with zero attached hydrogens (tertiary/aromatic N) is 4. The molecule has 1 heterocycles. The molecule has 2 N–H and O–H groups in total. The molecule has 0 saturated heterocycles. The number of rotatable bonds is 10. The van der Waals surface area contributed by atoms with Crippen molar-refractivity contribution in [1.82, 2.24) is 20.2 Å². The molecule has 0 fully saturated rings. The lowest BCUT2D eigenvalue weighted by Crippen LogP contribution is -2.28. The van der Waals surface area contributed by atoms with E-state index in [-0.39, 0.29) is 5.91 Å². The van der Waals surface area contributed by atoms with Crippen molar-refractivity contribution in [2.24, 2.45) is 5.10 Å². The van der Waals surface area contributed by atoms with E-state index in [1.165, 1.54) is 11.8 Å². The number of carbonyl (C=O) groups is 1. The third kappa shape index (κ3) is 6.45. The van der Waals surface area contributed by atoms with Crippen molar-refractivity contribution < 1.29 is 4.79 Å². The summed E-state index contributed by atoms with van der Waals surface area (Å²) in [7, 11) is 0. The first-order valence-corrected chi connectivity index (χ1v) is 11.3. The van der Waals surface area contributed by atoms with Gasteiger partial charge < -0.3 is 9.88 Å². The number of aromatic nitrogens is 3. The quantitative estimate of drug-likeness (QED) is 0.194. The first-order valence-electron chi connectivity index (χ1n) is 10.1. The molecule has 0 aliphatic heterocycles. The van der Waals surface area contributed by atoms with Crippen LogP contribution in [0.5, 0.6) is 0 Å². The summed E-state index contributed by atoms with van der Waals surface area (Å²) >= 11 is 7.26. The third-order valence-electron chi connectivity index (χ3n) is 4.58. The van der Waals surface area contributed by atoms with Crippen molar-refractivity contribution in [2.75, 3.05) is 5.32 Å². The molecule has 0 aliphatic rings. The minimum absolute atomic E-state index is 0.209. The highest BCUT2D eigenvalue weighted by molar-refractivity contribution is 8.00. The fourth-order valence-corrected chi connectivity index (χ4v) is 3.78. The predicted octanol–water partition coefficient (Wildman–Crippen LogP) is 4.75. The smallest absolute Gasteiger partial charge is 0.253 e. The van der Waals surface area contributed by atoms with Gasteiger partial charge in [-0.2, -0.15) is 5.10 Å². The maximum Gasteiger partial charge on any atom is 0.253 e. The highest BCUT2D eigenvalue weighted by Gasteiger charge is 2.20. The normalized spacial score (nSPS) is 12.3. The summed E-state index contributed by atoms with van der Waals surface area (Å²) in [5, 5.41) is 17.0. The molecule has 1 amide bonds. The molecule has 0 bridgehead atoms. The molecule has 1 unspecified atom stereocenters. The van der Waals surface area contributed by atoms with Gasteiger partial charge in [0.2, 0.25) is 0 Å².